The maximum atomic E-state index is 13.8. The third-order valence-corrected chi connectivity index (χ3v) is 6.72. The van der Waals surface area contributed by atoms with Gasteiger partial charge in [0.05, 0.1) is 18.0 Å². The van der Waals surface area contributed by atoms with E-state index in [4.69, 9.17) is 4.74 Å². The van der Waals surface area contributed by atoms with E-state index >= 15 is 0 Å². The van der Waals surface area contributed by atoms with Crippen LogP contribution in [0.2, 0.25) is 0 Å². The highest BCUT2D eigenvalue weighted by atomic mass is 19.4. The van der Waals surface area contributed by atoms with Gasteiger partial charge in [-0.1, -0.05) is 36.4 Å². The number of alkyl halides is 3. The molecule has 1 unspecified atom stereocenters. The van der Waals surface area contributed by atoms with Crippen molar-refractivity contribution < 1.29 is 22.7 Å². The predicted molar refractivity (Wildman–Crippen MR) is 135 cm³/mol. The van der Waals surface area contributed by atoms with Crippen LogP contribution in [0.5, 0.6) is 0 Å². The van der Waals surface area contributed by atoms with Gasteiger partial charge in [-0.05, 0) is 37.3 Å². The molecular weight excluding hydrogens is 469 g/mol. The second-order valence-electron chi connectivity index (χ2n) is 8.79. The predicted octanol–water partition coefficient (Wildman–Crippen LogP) is 5.22. The quantitative estimate of drug-likeness (QED) is 0.368. The minimum atomic E-state index is -4.54. The number of carbonyl (C=O) groups excluding carboxylic acids is 1. The number of anilines is 2. The van der Waals surface area contributed by atoms with E-state index in [-0.39, 0.29) is 13.2 Å². The van der Waals surface area contributed by atoms with E-state index in [1.807, 2.05) is 66.7 Å². The van der Waals surface area contributed by atoms with Crippen molar-refractivity contribution in [3.05, 3.63) is 72.3 Å². The topological polar surface area (TPSA) is 58.5 Å². The molecule has 1 aromatic heterocycles. The van der Waals surface area contributed by atoms with Gasteiger partial charge in [-0.25, -0.2) is 0 Å². The molecule has 6 nitrogen and oxygen atoms in total. The van der Waals surface area contributed by atoms with Crippen LogP contribution in [0.25, 0.3) is 21.8 Å². The highest BCUT2D eigenvalue weighted by Gasteiger charge is 2.51. The van der Waals surface area contributed by atoms with Gasteiger partial charge in [-0.2, -0.15) is 13.2 Å². The lowest BCUT2D eigenvalue weighted by atomic mass is 9.94. The number of amides is 1. The fourth-order valence-corrected chi connectivity index (χ4v) is 5.19. The summed E-state index contributed by atoms with van der Waals surface area (Å²) in [4.78, 5) is 15.5. The molecule has 2 N–H and O–H groups in total. The molecule has 0 saturated carbocycles. The molecule has 0 radical (unpaired) electrons. The summed E-state index contributed by atoms with van der Waals surface area (Å²) in [7, 11) is 1.55. The number of halogens is 3. The summed E-state index contributed by atoms with van der Waals surface area (Å²) in [6, 6.07) is 21.0. The molecule has 0 saturated heterocycles. The van der Waals surface area contributed by atoms with Crippen LogP contribution in [0.4, 0.5) is 24.5 Å². The lowest BCUT2D eigenvalue weighted by molar-refractivity contribution is -0.141. The highest BCUT2D eigenvalue weighted by Crippen LogP contribution is 2.46. The van der Waals surface area contributed by atoms with Gasteiger partial charge < -0.3 is 24.8 Å². The van der Waals surface area contributed by atoms with E-state index < -0.39 is 24.3 Å². The van der Waals surface area contributed by atoms with Crippen molar-refractivity contribution in [3.63, 3.8) is 0 Å². The van der Waals surface area contributed by atoms with Gasteiger partial charge in [0.25, 0.3) is 5.91 Å². The van der Waals surface area contributed by atoms with Gasteiger partial charge >= 0.3 is 6.18 Å². The van der Waals surface area contributed by atoms with Crippen LogP contribution in [-0.4, -0.2) is 43.5 Å². The average molecular weight is 497 g/mol. The number of carbonyl (C=O) groups is 1. The van der Waals surface area contributed by atoms with E-state index in [2.05, 4.69) is 22.1 Å². The molecule has 9 heteroatoms. The Kier molecular flexibility index (Phi) is 6.04. The van der Waals surface area contributed by atoms with Crippen molar-refractivity contribution in [1.82, 2.24) is 9.88 Å². The van der Waals surface area contributed by atoms with Crippen LogP contribution in [0.3, 0.4) is 0 Å². The van der Waals surface area contributed by atoms with Crippen molar-refractivity contribution in [1.29, 1.82) is 0 Å². The molecule has 5 rings (SSSR count). The van der Waals surface area contributed by atoms with Gasteiger partial charge in [0, 0.05) is 47.6 Å². The van der Waals surface area contributed by atoms with Crippen LogP contribution >= 0.6 is 0 Å². The van der Waals surface area contributed by atoms with Crippen molar-refractivity contribution in [2.24, 2.45) is 0 Å². The number of benzene rings is 3. The zero-order valence-electron chi connectivity index (χ0n) is 20.0. The Balaban J connectivity index is 1.73. The molecule has 4 aromatic rings. The minimum absolute atomic E-state index is 0.279. The number of hydrogen-bond acceptors (Lipinski definition) is 4. The molecule has 188 valence electrons. The zero-order valence-corrected chi connectivity index (χ0v) is 20.0. The third-order valence-electron chi connectivity index (χ3n) is 6.72. The fraction of sp³-hybridized carbons (Fsp3) is 0.296. The number of aromatic nitrogens is 1. The SMILES string of the molecule is CCn1c2ccccc2c2cc(C3(C(=O)NCC(F)(F)F)Nc4ccccc4N3CCOC)ccc21. The van der Waals surface area contributed by atoms with Crippen LogP contribution < -0.4 is 15.5 Å². The van der Waals surface area contributed by atoms with Crippen LogP contribution in [0.15, 0.2) is 66.7 Å². The summed E-state index contributed by atoms with van der Waals surface area (Å²) < 4.78 is 46.9. The maximum absolute atomic E-state index is 13.8. The lowest BCUT2D eigenvalue weighted by Gasteiger charge is -2.39. The molecule has 0 aliphatic carbocycles. The van der Waals surface area contributed by atoms with E-state index in [9.17, 15) is 18.0 Å². The Morgan fingerprint density at radius 1 is 1.03 bits per heavy atom. The summed E-state index contributed by atoms with van der Waals surface area (Å²) in [5.74, 6) is -0.786. The van der Waals surface area contributed by atoms with E-state index in [1.165, 1.54) is 0 Å². The molecule has 0 spiro atoms. The van der Waals surface area contributed by atoms with E-state index in [0.29, 0.717) is 16.9 Å². The summed E-state index contributed by atoms with van der Waals surface area (Å²) in [6.07, 6.45) is -4.54. The van der Waals surface area contributed by atoms with E-state index in [1.54, 1.807) is 12.0 Å². The Labute approximate surface area is 206 Å². The molecule has 2 heterocycles. The number of nitrogens with one attached hydrogen (secondary N) is 2. The standard InChI is InChI=1S/C27H27F3N4O2/c1-3-33-22-10-6-4-8-19(22)20-16-18(12-13-23(20)33)27(25(35)31-17-26(28,29)30)32-21-9-5-7-11-24(21)34(27)14-15-36-2/h4-13,16,32H,3,14-15,17H2,1-2H3,(H,31,35). The minimum Gasteiger partial charge on any atom is -0.383 e. The van der Waals surface area contributed by atoms with E-state index in [0.717, 1.165) is 28.4 Å². The number of ether oxygens (including phenoxy) is 1. The summed E-state index contributed by atoms with van der Waals surface area (Å²) in [6.45, 7) is 1.95. The Bertz CT molecular complexity index is 1430. The molecule has 36 heavy (non-hydrogen) atoms. The lowest BCUT2D eigenvalue weighted by Crippen LogP contribution is -2.60. The first-order valence-electron chi connectivity index (χ1n) is 11.8. The van der Waals surface area contributed by atoms with Crippen molar-refractivity contribution in [3.8, 4) is 0 Å². The van der Waals surface area contributed by atoms with Gasteiger partial charge in [0.2, 0.25) is 5.66 Å². The molecule has 0 bridgehead atoms. The van der Waals surface area contributed by atoms with Gasteiger partial charge in [0.1, 0.15) is 6.54 Å². The number of para-hydroxylation sites is 3. The van der Waals surface area contributed by atoms with Crippen molar-refractivity contribution in [2.75, 3.05) is 37.0 Å². The molecule has 1 aliphatic heterocycles. The number of rotatable bonds is 7. The van der Waals surface area contributed by atoms with Gasteiger partial charge in [-0.15, -0.1) is 0 Å². The summed E-state index contributed by atoms with van der Waals surface area (Å²) >= 11 is 0. The maximum Gasteiger partial charge on any atom is 0.405 e. The Morgan fingerprint density at radius 2 is 1.75 bits per heavy atom. The number of aryl methyl sites for hydroxylation is 1. The van der Waals surface area contributed by atoms with Crippen LogP contribution in [0.1, 0.15) is 12.5 Å². The summed E-state index contributed by atoms with van der Waals surface area (Å²) in [5, 5.41) is 7.35. The van der Waals surface area contributed by atoms with Crippen molar-refractivity contribution in [2.45, 2.75) is 25.3 Å². The molecular formula is C27H27F3N4O2. The first kappa shape index (κ1) is 24.0. The number of methoxy groups -OCH3 is 1. The Morgan fingerprint density at radius 3 is 2.50 bits per heavy atom. The first-order valence-corrected chi connectivity index (χ1v) is 11.8. The number of hydrogen-bond donors (Lipinski definition) is 2. The van der Waals surface area contributed by atoms with Crippen LogP contribution in [0, 0.1) is 0 Å². The van der Waals surface area contributed by atoms with Crippen LogP contribution in [-0.2, 0) is 21.7 Å². The largest absolute Gasteiger partial charge is 0.405 e. The first-order chi connectivity index (χ1) is 17.3. The summed E-state index contributed by atoms with van der Waals surface area (Å²) in [5.41, 5.74) is 2.37. The highest BCUT2D eigenvalue weighted by molar-refractivity contribution is 6.09. The van der Waals surface area contributed by atoms with Crippen molar-refractivity contribution >= 4 is 39.1 Å². The zero-order chi connectivity index (χ0) is 25.5. The molecule has 1 atom stereocenters. The Hall–Kier alpha value is -3.72. The third kappa shape index (κ3) is 3.83. The molecule has 1 amide bonds. The second-order valence-corrected chi connectivity index (χ2v) is 8.79. The fourth-order valence-electron chi connectivity index (χ4n) is 5.19. The average Bonchev–Trinajstić information content (AvgIpc) is 3.38. The second kappa shape index (κ2) is 9.05. The normalized spacial score (nSPS) is 17.4. The number of nitrogens with zero attached hydrogens (tertiary/aromatic N) is 2. The smallest absolute Gasteiger partial charge is 0.383 e. The molecule has 3 aromatic carbocycles. The molecule has 0 fully saturated rings. The van der Waals surface area contributed by atoms with Gasteiger partial charge in [-0.3, -0.25) is 4.79 Å². The number of fused-ring (bicyclic) bond motifs is 4. The van der Waals surface area contributed by atoms with Gasteiger partial charge in [0.15, 0.2) is 0 Å². The molecule has 1 aliphatic rings. The monoisotopic (exact) mass is 496 g/mol.